The van der Waals surface area contributed by atoms with E-state index >= 15 is 0 Å². The highest BCUT2D eigenvalue weighted by Gasteiger charge is 2.16. The van der Waals surface area contributed by atoms with Gasteiger partial charge in [0, 0.05) is 13.1 Å². The molecule has 1 atom stereocenters. The number of fused-ring (bicyclic) bond motifs is 1. The molecule has 0 aliphatic carbocycles. The lowest BCUT2D eigenvalue weighted by molar-refractivity contribution is -0.123. The molecule has 2 N–H and O–H groups in total. The molecule has 0 saturated heterocycles. The number of aromatic nitrogens is 1. The Hall–Kier alpha value is -2.86. The zero-order chi connectivity index (χ0) is 19.9. The summed E-state index contributed by atoms with van der Waals surface area (Å²) >= 11 is 0. The van der Waals surface area contributed by atoms with Gasteiger partial charge in [-0.15, -0.1) is 0 Å². The minimum atomic E-state index is -0.416. The molecule has 0 aliphatic rings. The first kappa shape index (κ1) is 19.9. The first-order valence-electron chi connectivity index (χ1n) is 9.67. The SMILES string of the molecule is CCC(Oc1cccc(CN(CCCN)c2nc3ccccc3o2)c1)C(C)=O. The first-order chi connectivity index (χ1) is 13.6. The van der Waals surface area contributed by atoms with Crippen molar-refractivity contribution in [3.63, 3.8) is 0 Å². The molecule has 6 heteroatoms. The van der Waals surface area contributed by atoms with E-state index in [9.17, 15) is 4.79 Å². The van der Waals surface area contributed by atoms with Crippen molar-refractivity contribution < 1.29 is 13.9 Å². The largest absolute Gasteiger partial charge is 0.483 e. The van der Waals surface area contributed by atoms with E-state index in [1.54, 1.807) is 6.92 Å². The predicted molar refractivity (Wildman–Crippen MR) is 111 cm³/mol. The summed E-state index contributed by atoms with van der Waals surface area (Å²) in [6.07, 6.45) is 1.06. The van der Waals surface area contributed by atoms with Crippen LogP contribution in [0.5, 0.6) is 5.75 Å². The van der Waals surface area contributed by atoms with Gasteiger partial charge < -0.3 is 19.8 Å². The van der Waals surface area contributed by atoms with Crippen LogP contribution in [0.25, 0.3) is 11.1 Å². The molecule has 1 aromatic heterocycles. The lowest BCUT2D eigenvalue weighted by atomic mass is 10.1. The number of ketones is 1. The number of carbonyl (C=O) groups excluding carboxylic acids is 1. The molecule has 1 unspecified atom stereocenters. The van der Waals surface area contributed by atoms with Crippen LogP contribution >= 0.6 is 0 Å². The van der Waals surface area contributed by atoms with Crippen molar-refractivity contribution in [1.29, 1.82) is 0 Å². The third kappa shape index (κ3) is 4.89. The molecule has 3 aromatic rings. The van der Waals surface area contributed by atoms with E-state index in [0.29, 0.717) is 31.3 Å². The van der Waals surface area contributed by atoms with Gasteiger partial charge in [-0.1, -0.05) is 31.2 Å². The van der Waals surface area contributed by atoms with Crippen molar-refractivity contribution in [3.05, 3.63) is 54.1 Å². The van der Waals surface area contributed by atoms with Gasteiger partial charge in [0.25, 0.3) is 6.01 Å². The number of anilines is 1. The number of benzene rings is 2. The Morgan fingerprint density at radius 2 is 2.07 bits per heavy atom. The topological polar surface area (TPSA) is 81.6 Å². The first-order valence-corrected chi connectivity index (χ1v) is 9.67. The highest BCUT2D eigenvalue weighted by molar-refractivity contribution is 5.80. The van der Waals surface area contributed by atoms with E-state index in [4.69, 9.17) is 14.9 Å². The number of para-hydroxylation sites is 2. The molecule has 0 spiro atoms. The van der Waals surface area contributed by atoms with E-state index in [1.165, 1.54) is 0 Å². The fourth-order valence-electron chi connectivity index (χ4n) is 3.08. The highest BCUT2D eigenvalue weighted by atomic mass is 16.5. The molecule has 0 amide bonds. The summed E-state index contributed by atoms with van der Waals surface area (Å²) in [4.78, 5) is 18.4. The zero-order valence-corrected chi connectivity index (χ0v) is 16.4. The van der Waals surface area contributed by atoms with Gasteiger partial charge >= 0.3 is 0 Å². The zero-order valence-electron chi connectivity index (χ0n) is 16.4. The van der Waals surface area contributed by atoms with Crippen molar-refractivity contribution in [3.8, 4) is 5.75 Å². The average molecular weight is 381 g/mol. The highest BCUT2D eigenvalue weighted by Crippen LogP contribution is 2.24. The number of rotatable bonds is 10. The van der Waals surface area contributed by atoms with Crippen LogP contribution in [0, 0.1) is 0 Å². The number of hydrogen-bond donors (Lipinski definition) is 1. The number of hydrogen-bond acceptors (Lipinski definition) is 6. The molecular formula is C22H27N3O3. The molecular weight excluding hydrogens is 354 g/mol. The molecule has 6 nitrogen and oxygen atoms in total. The molecule has 1 heterocycles. The standard InChI is InChI=1S/C22H27N3O3/c1-3-20(16(2)26)27-18-9-6-8-17(14-18)15-25(13-7-12-23)22-24-19-10-4-5-11-21(19)28-22/h4-6,8-11,14,20H,3,7,12-13,15,23H2,1-2H3. The third-order valence-corrected chi connectivity index (χ3v) is 4.56. The van der Waals surface area contributed by atoms with Crippen LogP contribution in [-0.2, 0) is 11.3 Å². The molecule has 0 fully saturated rings. The normalized spacial score (nSPS) is 12.1. The van der Waals surface area contributed by atoms with Crippen LogP contribution in [0.3, 0.4) is 0 Å². The van der Waals surface area contributed by atoms with E-state index in [0.717, 1.165) is 29.6 Å². The summed E-state index contributed by atoms with van der Waals surface area (Å²) in [5.41, 5.74) is 8.36. The van der Waals surface area contributed by atoms with Crippen LogP contribution in [0.4, 0.5) is 6.01 Å². The van der Waals surface area contributed by atoms with Gasteiger partial charge in [-0.05, 0) is 56.1 Å². The predicted octanol–water partition coefficient (Wildman–Crippen LogP) is 3.93. The van der Waals surface area contributed by atoms with Crippen LogP contribution < -0.4 is 15.4 Å². The molecule has 148 valence electrons. The minimum Gasteiger partial charge on any atom is -0.483 e. The summed E-state index contributed by atoms with van der Waals surface area (Å²) < 4.78 is 11.8. The van der Waals surface area contributed by atoms with Gasteiger partial charge in [0.05, 0.1) is 0 Å². The van der Waals surface area contributed by atoms with Gasteiger partial charge in [-0.3, -0.25) is 4.79 Å². The lowest BCUT2D eigenvalue weighted by Crippen LogP contribution is -2.26. The van der Waals surface area contributed by atoms with Gasteiger partial charge in [0.2, 0.25) is 0 Å². The monoisotopic (exact) mass is 381 g/mol. The van der Waals surface area contributed by atoms with Crippen LogP contribution in [0.1, 0.15) is 32.3 Å². The Balaban J connectivity index is 1.80. The maximum Gasteiger partial charge on any atom is 0.298 e. The van der Waals surface area contributed by atoms with Crippen molar-refractivity contribution in [2.24, 2.45) is 5.73 Å². The Kier molecular flexibility index (Phi) is 6.66. The van der Waals surface area contributed by atoms with Gasteiger partial charge in [0.1, 0.15) is 11.3 Å². The number of ether oxygens (including phenoxy) is 1. The Bertz CT molecular complexity index is 889. The summed E-state index contributed by atoms with van der Waals surface area (Å²) in [5.74, 6) is 0.722. The smallest absolute Gasteiger partial charge is 0.298 e. The van der Waals surface area contributed by atoms with E-state index in [1.807, 2.05) is 55.5 Å². The number of Topliss-reactive ketones (excluding diaryl/α,β-unsaturated/α-hetero) is 1. The van der Waals surface area contributed by atoms with Crippen LogP contribution in [0.2, 0.25) is 0 Å². The molecule has 0 radical (unpaired) electrons. The van der Waals surface area contributed by atoms with Crippen LogP contribution in [-0.4, -0.2) is 30.0 Å². The van der Waals surface area contributed by atoms with E-state index in [-0.39, 0.29) is 5.78 Å². The fourth-order valence-corrected chi connectivity index (χ4v) is 3.08. The van der Waals surface area contributed by atoms with Crippen LogP contribution in [0.15, 0.2) is 52.9 Å². The number of carbonyl (C=O) groups is 1. The summed E-state index contributed by atoms with van der Waals surface area (Å²) in [7, 11) is 0. The molecule has 0 bridgehead atoms. The number of nitrogens with zero attached hydrogens (tertiary/aromatic N) is 2. The lowest BCUT2D eigenvalue weighted by Gasteiger charge is -2.21. The van der Waals surface area contributed by atoms with E-state index < -0.39 is 6.10 Å². The van der Waals surface area contributed by atoms with Gasteiger partial charge in [0.15, 0.2) is 17.5 Å². The second kappa shape index (κ2) is 9.37. The third-order valence-electron chi connectivity index (χ3n) is 4.56. The Labute approximate surface area is 165 Å². The quantitative estimate of drug-likeness (QED) is 0.573. The molecule has 0 saturated carbocycles. The molecule has 3 rings (SSSR count). The van der Waals surface area contributed by atoms with Gasteiger partial charge in [-0.2, -0.15) is 4.98 Å². The summed E-state index contributed by atoms with van der Waals surface area (Å²) in [6, 6.07) is 16.1. The summed E-state index contributed by atoms with van der Waals surface area (Å²) in [5, 5.41) is 0. The van der Waals surface area contributed by atoms with Crippen molar-refractivity contribution in [2.75, 3.05) is 18.0 Å². The Morgan fingerprint density at radius 3 is 2.79 bits per heavy atom. The van der Waals surface area contributed by atoms with Crippen molar-refractivity contribution in [2.45, 2.75) is 39.3 Å². The molecule has 2 aromatic carbocycles. The summed E-state index contributed by atoms with van der Waals surface area (Å²) in [6.45, 7) is 5.44. The minimum absolute atomic E-state index is 0.0314. The van der Waals surface area contributed by atoms with Gasteiger partial charge in [-0.25, -0.2) is 0 Å². The maximum atomic E-state index is 11.7. The van der Waals surface area contributed by atoms with E-state index in [2.05, 4.69) is 9.88 Å². The average Bonchev–Trinajstić information content (AvgIpc) is 3.13. The van der Waals surface area contributed by atoms with Crippen molar-refractivity contribution >= 4 is 22.9 Å². The molecule has 0 aliphatic heterocycles. The second-order valence-electron chi connectivity index (χ2n) is 6.80. The van der Waals surface area contributed by atoms with Crippen molar-refractivity contribution in [1.82, 2.24) is 4.98 Å². The molecule has 28 heavy (non-hydrogen) atoms. The fraction of sp³-hybridized carbons (Fsp3) is 0.364. The number of oxazole rings is 1. The second-order valence-corrected chi connectivity index (χ2v) is 6.80. The maximum absolute atomic E-state index is 11.7. The number of nitrogens with two attached hydrogens (primary N) is 1. The Morgan fingerprint density at radius 1 is 1.25 bits per heavy atom.